The predicted molar refractivity (Wildman–Crippen MR) is 69.5 cm³/mol. The van der Waals surface area contributed by atoms with Crippen molar-refractivity contribution in [2.24, 2.45) is 0 Å². The first-order valence-electron chi connectivity index (χ1n) is 4.94. The van der Waals surface area contributed by atoms with E-state index in [0.717, 1.165) is 20.7 Å². The predicted octanol–water partition coefficient (Wildman–Crippen LogP) is 3.66. The molecule has 2 aromatic rings. The van der Waals surface area contributed by atoms with E-state index < -0.39 is 0 Å². The summed E-state index contributed by atoms with van der Waals surface area (Å²) in [5, 5.41) is 1.36. The van der Waals surface area contributed by atoms with Crippen LogP contribution in [0.1, 0.15) is 15.2 Å². The highest BCUT2D eigenvalue weighted by Crippen LogP contribution is 2.42. The molecule has 0 radical (unpaired) electrons. The van der Waals surface area contributed by atoms with Gasteiger partial charge in [-0.15, -0.1) is 11.3 Å². The van der Waals surface area contributed by atoms with Crippen LogP contribution in [-0.2, 0) is 4.74 Å². The summed E-state index contributed by atoms with van der Waals surface area (Å²) in [6.07, 6.45) is 0. The van der Waals surface area contributed by atoms with Gasteiger partial charge < -0.3 is 9.47 Å². The van der Waals surface area contributed by atoms with Crippen LogP contribution in [0.15, 0.2) is 12.1 Å². The molecule has 5 heteroatoms. The fourth-order valence-electron chi connectivity index (χ4n) is 1.77. The second kappa shape index (κ2) is 4.55. The topological polar surface area (TPSA) is 35.5 Å². The number of thiophene rings is 1. The molecule has 0 bridgehead atoms. The third kappa shape index (κ3) is 1.87. The highest BCUT2D eigenvalue weighted by Gasteiger charge is 2.19. The number of fused-ring (bicyclic) bond motifs is 1. The minimum Gasteiger partial charge on any atom is -0.495 e. The number of ether oxygens (including phenoxy) is 2. The van der Waals surface area contributed by atoms with E-state index in [-0.39, 0.29) is 5.97 Å². The van der Waals surface area contributed by atoms with Gasteiger partial charge in [-0.3, -0.25) is 0 Å². The van der Waals surface area contributed by atoms with Gasteiger partial charge in [0.2, 0.25) is 0 Å². The molecular formula is C12H11ClO3S. The Balaban J connectivity index is 2.83. The highest BCUT2D eigenvalue weighted by molar-refractivity contribution is 7.20. The molecule has 0 N–H and O–H groups in total. The number of rotatable bonds is 2. The van der Waals surface area contributed by atoms with Crippen molar-refractivity contribution in [2.75, 3.05) is 14.2 Å². The molecule has 1 heterocycles. The zero-order valence-corrected chi connectivity index (χ0v) is 11.2. The van der Waals surface area contributed by atoms with Gasteiger partial charge in [-0.1, -0.05) is 11.6 Å². The van der Waals surface area contributed by atoms with Gasteiger partial charge in [0.25, 0.3) is 0 Å². The largest absolute Gasteiger partial charge is 0.495 e. The molecule has 2 rings (SSSR count). The standard InChI is InChI=1S/C12H11ClO3S/c1-6-10(15-2)9-8(13)5-4-7(11(9)17-6)12(14)16-3/h4-5H,1-3H3. The Bertz CT molecular complexity index is 589. The van der Waals surface area contributed by atoms with Gasteiger partial charge in [-0.05, 0) is 19.1 Å². The molecule has 0 saturated carbocycles. The first-order valence-corrected chi connectivity index (χ1v) is 6.13. The number of hydrogen-bond acceptors (Lipinski definition) is 4. The van der Waals surface area contributed by atoms with Crippen LogP contribution in [0.3, 0.4) is 0 Å². The summed E-state index contributed by atoms with van der Waals surface area (Å²) in [5.41, 5.74) is 0.517. The van der Waals surface area contributed by atoms with E-state index in [1.165, 1.54) is 18.4 Å². The van der Waals surface area contributed by atoms with E-state index in [9.17, 15) is 4.79 Å². The maximum absolute atomic E-state index is 11.6. The number of carbonyl (C=O) groups excluding carboxylic acids is 1. The average Bonchev–Trinajstić information content (AvgIpc) is 2.66. The molecule has 3 nitrogen and oxygen atoms in total. The fraction of sp³-hybridized carbons (Fsp3) is 0.250. The Labute approximate surface area is 108 Å². The van der Waals surface area contributed by atoms with Crippen LogP contribution < -0.4 is 4.74 Å². The fourth-order valence-corrected chi connectivity index (χ4v) is 3.22. The summed E-state index contributed by atoms with van der Waals surface area (Å²) < 4.78 is 10.9. The van der Waals surface area contributed by atoms with Gasteiger partial charge in [0.05, 0.1) is 34.9 Å². The molecule has 0 saturated heterocycles. The molecule has 0 atom stereocenters. The zero-order chi connectivity index (χ0) is 12.6. The lowest BCUT2D eigenvalue weighted by molar-refractivity contribution is 0.0603. The first kappa shape index (κ1) is 12.2. The number of carbonyl (C=O) groups is 1. The van der Waals surface area contributed by atoms with Gasteiger partial charge in [0, 0.05) is 4.88 Å². The Morgan fingerprint density at radius 1 is 1.35 bits per heavy atom. The number of hydrogen-bond donors (Lipinski definition) is 0. The maximum Gasteiger partial charge on any atom is 0.339 e. The van der Waals surface area contributed by atoms with Crippen molar-refractivity contribution in [3.63, 3.8) is 0 Å². The Morgan fingerprint density at radius 3 is 2.65 bits per heavy atom. The molecule has 1 aromatic carbocycles. The third-order valence-corrected chi connectivity index (χ3v) is 3.95. The Hall–Kier alpha value is -1.26. The van der Waals surface area contributed by atoms with E-state index in [0.29, 0.717) is 10.6 Å². The molecule has 0 unspecified atom stereocenters. The molecule has 0 aliphatic rings. The third-order valence-electron chi connectivity index (χ3n) is 2.52. The van der Waals surface area contributed by atoms with Gasteiger partial charge >= 0.3 is 5.97 Å². The van der Waals surface area contributed by atoms with Gasteiger partial charge in [0.1, 0.15) is 5.75 Å². The number of benzene rings is 1. The second-order valence-corrected chi connectivity index (χ2v) is 5.11. The van der Waals surface area contributed by atoms with Crippen LogP contribution >= 0.6 is 22.9 Å². The first-order chi connectivity index (χ1) is 8.10. The van der Waals surface area contributed by atoms with E-state index in [2.05, 4.69) is 0 Å². The van der Waals surface area contributed by atoms with Crippen LogP contribution in [0.4, 0.5) is 0 Å². The lowest BCUT2D eigenvalue weighted by atomic mass is 10.1. The van der Waals surface area contributed by atoms with Crippen LogP contribution in [0.5, 0.6) is 5.75 Å². The van der Waals surface area contributed by atoms with Crippen molar-refractivity contribution >= 4 is 39.0 Å². The van der Waals surface area contributed by atoms with Crippen molar-refractivity contribution in [3.8, 4) is 5.75 Å². The minimum absolute atomic E-state index is 0.365. The lowest BCUT2D eigenvalue weighted by Gasteiger charge is -2.03. The zero-order valence-electron chi connectivity index (χ0n) is 9.67. The monoisotopic (exact) mass is 270 g/mol. The highest BCUT2D eigenvalue weighted by atomic mass is 35.5. The average molecular weight is 271 g/mol. The van der Waals surface area contributed by atoms with Crippen molar-refractivity contribution in [2.45, 2.75) is 6.92 Å². The Kier molecular flexibility index (Phi) is 3.26. The molecule has 0 aliphatic heterocycles. The van der Waals surface area contributed by atoms with E-state index in [1.54, 1.807) is 19.2 Å². The van der Waals surface area contributed by atoms with Crippen molar-refractivity contribution in [1.29, 1.82) is 0 Å². The summed E-state index contributed by atoms with van der Waals surface area (Å²) in [6.45, 7) is 1.93. The number of methoxy groups -OCH3 is 2. The Morgan fingerprint density at radius 2 is 2.06 bits per heavy atom. The van der Waals surface area contributed by atoms with Crippen LogP contribution in [0, 0.1) is 6.92 Å². The molecule has 0 spiro atoms. The molecule has 90 valence electrons. The van der Waals surface area contributed by atoms with Gasteiger partial charge in [-0.2, -0.15) is 0 Å². The lowest BCUT2D eigenvalue weighted by Crippen LogP contribution is -2.00. The van der Waals surface area contributed by atoms with Gasteiger partial charge in [0.15, 0.2) is 0 Å². The van der Waals surface area contributed by atoms with Crippen LogP contribution in [0.25, 0.3) is 10.1 Å². The normalized spacial score (nSPS) is 10.6. The van der Waals surface area contributed by atoms with E-state index >= 15 is 0 Å². The summed E-state index contributed by atoms with van der Waals surface area (Å²) >= 11 is 7.63. The number of aryl methyl sites for hydroxylation is 1. The van der Waals surface area contributed by atoms with E-state index in [4.69, 9.17) is 21.1 Å². The number of halogens is 1. The van der Waals surface area contributed by atoms with Gasteiger partial charge in [-0.25, -0.2) is 4.79 Å². The van der Waals surface area contributed by atoms with Crippen molar-refractivity contribution in [3.05, 3.63) is 27.6 Å². The molecule has 0 aliphatic carbocycles. The smallest absolute Gasteiger partial charge is 0.339 e. The summed E-state index contributed by atoms with van der Waals surface area (Å²) in [4.78, 5) is 12.6. The SMILES string of the molecule is COC(=O)c1ccc(Cl)c2c(OC)c(C)sc12. The van der Waals surface area contributed by atoms with Crippen molar-refractivity contribution < 1.29 is 14.3 Å². The summed E-state index contributed by atoms with van der Waals surface area (Å²) in [5.74, 6) is 0.358. The summed E-state index contributed by atoms with van der Waals surface area (Å²) in [7, 11) is 2.95. The molecule has 0 fully saturated rings. The minimum atomic E-state index is -0.365. The van der Waals surface area contributed by atoms with E-state index in [1.807, 2.05) is 6.92 Å². The molecule has 0 amide bonds. The molecule has 1 aromatic heterocycles. The van der Waals surface area contributed by atoms with Crippen LogP contribution in [0.2, 0.25) is 5.02 Å². The molecular weight excluding hydrogens is 260 g/mol. The maximum atomic E-state index is 11.6. The van der Waals surface area contributed by atoms with Crippen LogP contribution in [-0.4, -0.2) is 20.2 Å². The second-order valence-electron chi connectivity index (χ2n) is 3.48. The van der Waals surface area contributed by atoms with Crippen molar-refractivity contribution in [1.82, 2.24) is 0 Å². The molecule has 17 heavy (non-hydrogen) atoms. The quantitative estimate of drug-likeness (QED) is 0.781. The summed E-state index contributed by atoms with van der Waals surface area (Å²) in [6, 6.07) is 3.36. The number of esters is 1.